The maximum Gasteiger partial charge on any atom is 0.287 e. The number of carbonyl (C=O) groups excluding carboxylic acids is 1. The van der Waals surface area contributed by atoms with Gasteiger partial charge in [-0.1, -0.05) is 48.5 Å². The molecule has 2 atom stereocenters. The fraction of sp³-hybridized carbons (Fsp3) is 0.227. The molecule has 0 aliphatic heterocycles. The first kappa shape index (κ1) is 18.4. The third-order valence-electron chi connectivity index (χ3n) is 4.57. The molecule has 1 amide bonds. The zero-order valence-corrected chi connectivity index (χ0v) is 16.3. The van der Waals surface area contributed by atoms with E-state index in [1.807, 2.05) is 56.3 Å². The smallest absolute Gasteiger partial charge is 0.287 e. The van der Waals surface area contributed by atoms with Crippen LogP contribution in [0.3, 0.4) is 0 Å². The minimum absolute atomic E-state index is 0.0268. The van der Waals surface area contributed by atoms with Gasteiger partial charge in [-0.15, -0.1) is 11.3 Å². The molecule has 2 N–H and O–H groups in total. The Labute approximate surface area is 159 Å². The maximum absolute atomic E-state index is 13.2. The number of nitrogens with one attached hydrogen (secondary N) is 2. The number of amides is 1. The molecule has 0 spiro atoms. The molecule has 1 heterocycles. The standard InChI is InChI=1S/C22H24N2OS/c1-16-11-12-17(2)20(14-16)23-22(25)21(18-8-5-4-6-9-18)24(3)15-19-10-7-13-26-19/h4-14,21H,15H2,1-3H3,(H,23,25)/p+1/t21-/m0/s1. The van der Waals surface area contributed by atoms with Crippen LogP contribution in [0.5, 0.6) is 0 Å². The molecule has 3 nitrogen and oxygen atoms in total. The number of thiophene rings is 1. The van der Waals surface area contributed by atoms with Crippen molar-refractivity contribution in [2.75, 3.05) is 12.4 Å². The number of carbonyl (C=O) groups is 1. The van der Waals surface area contributed by atoms with Crippen molar-refractivity contribution in [1.82, 2.24) is 0 Å². The third-order valence-corrected chi connectivity index (χ3v) is 5.45. The highest BCUT2D eigenvalue weighted by molar-refractivity contribution is 7.09. The van der Waals surface area contributed by atoms with E-state index in [4.69, 9.17) is 0 Å². The van der Waals surface area contributed by atoms with Crippen LogP contribution in [-0.2, 0) is 11.3 Å². The molecule has 0 fully saturated rings. The summed E-state index contributed by atoms with van der Waals surface area (Å²) in [6.45, 7) is 4.88. The first-order chi connectivity index (χ1) is 12.5. The molecular formula is C22H25N2OS+. The number of aryl methyl sites for hydroxylation is 2. The van der Waals surface area contributed by atoms with E-state index in [2.05, 4.69) is 35.9 Å². The van der Waals surface area contributed by atoms with Gasteiger partial charge < -0.3 is 10.2 Å². The van der Waals surface area contributed by atoms with Gasteiger partial charge >= 0.3 is 0 Å². The van der Waals surface area contributed by atoms with Crippen LogP contribution >= 0.6 is 11.3 Å². The highest BCUT2D eigenvalue weighted by atomic mass is 32.1. The summed E-state index contributed by atoms with van der Waals surface area (Å²) in [4.78, 5) is 15.7. The van der Waals surface area contributed by atoms with Gasteiger partial charge in [0, 0.05) is 11.3 Å². The summed E-state index contributed by atoms with van der Waals surface area (Å²) in [5, 5.41) is 5.23. The number of benzene rings is 2. The Morgan fingerprint density at radius 3 is 2.54 bits per heavy atom. The van der Waals surface area contributed by atoms with Crippen molar-refractivity contribution in [3.63, 3.8) is 0 Å². The van der Waals surface area contributed by atoms with Crippen molar-refractivity contribution in [2.24, 2.45) is 0 Å². The van der Waals surface area contributed by atoms with Crippen molar-refractivity contribution < 1.29 is 9.69 Å². The largest absolute Gasteiger partial charge is 0.320 e. The summed E-state index contributed by atoms with van der Waals surface area (Å²) >= 11 is 1.73. The molecule has 0 saturated carbocycles. The van der Waals surface area contributed by atoms with E-state index in [1.54, 1.807) is 11.3 Å². The topological polar surface area (TPSA) is 33.5 Å². The van der Waals surface area contributed by atoms with Gasteiger partial charge in [0.15, 0.2) is 6.04 Å². The summed E-state index contributed by atoms with van der Waals surface area (Å²) in [6.07, 6.45) is 0. The second-order valence-corrected chi connectivity index (χ2v) is 7.79. The molecule has 4 heteroatoms. The van der Waals surface area contributed by atoms with Gasteiger partial charge in [0.2, 0.25) is 0 Å². The quantitative estimate of drug-likeness (QED) is 0.685. The van der Waals surface area contributed by atoms with Crippen molar-refractivity contribution in [3.05, 3.63) is 87.6 Å². The van der Waals surface area contributed by atoms with Gasteiger partial charge in [-0.3, -0.25) is 4.79 Å². The summed E-state index contributed by atoms with van der Waals surface area (Å²) in [5.41, 5.74) is 4.14. The van der Waals surface area contributed by atoms with Gasteiger partial charge in [-0.05, 0) is 42.5 Å². The van der Waals surface area contributed by atoms with Gasteiger partial charge in [-0.2, -0.15) is 0 Å². The van der Waals surface area contributed by atoms with Crippen molar-refractivity contribution in [2.45, 2.75) is 26.4 Å². The lowest BCUT2D eigenvalue weighted by Crippen LogP contribution is -3.09. The van der Waals surface area contributed by atoms with Crippen LogP contribution in [0, 0.1) is 13.8 Å². The minimum atomic E-state index is -0.266. The predicted octanol–water partition coefficient (Wildman–Crippen LogP) is 3.76. The lowest BCUT2D eigenvalue weighted by molar-refractivity contribution is -0.915. The van der Waals surface area contributed by atoms with Crippen LogP contribution in [0.25, 0.3) is 0 Å². The zero-order chi connectivity index (χ0) is 18.5. The number of hydrogen-bond acceptors (Lipinski definition) is 2. The summed E-state index contributed by atoms with van der Waals surface area (Å²) in [7, 11) is 2.08. The second kappa shape index (κ2) is 8.30. The molecule has 134 valence electrons. The molecular weight excluding hydrogens is 340 g/mol. The Kier molecular flexibility index (Phi) is 5.86. The molecule has 0 bridgehead atoms. The molecule has 3 aromatic rings. The molecule has 2 aromatic carbocycles. The number of anilines is 1. The van der Waals surface area contributed by atoms with Crippen LogP contribution in [-0.4, -0.2) is 13.0 Å². The van der Waals surface area contributed by atoms with Crippen molar-refractivity contribution >= 4 is 22.9 Å². The molecule has 0 aliphatic carbocycles. The molecule has 26 heavy (non-hydrogen) atoms. The normalized spacial score (nSPS) is 13.2. The molecule has 3 rings (SSSR count). The van der Waals surface area contributed by atoms with Crippen molar-refractivity contribution in [1.29, 1.82) is 0 Å². The van der Waals surface area contributed by atoms with Gasteiger partial charge in [0.1, 0.15) is 6.54 Å². The first-order valence-corrected chi connectivity index (χ1v) is 9.70. The Morgan fingerprint density at radius 2 is 1.85 bits per heavy atom. The van der Waals surface area contributed by atoms with Crippen LogP contribution in [0.15, 0.2) is 66.0 Å². The van der Waals surface area contributed by atoms with Crippen LogP contribution < -0.4 is 10.2 Å². The lowest BCUT2D eigenvalue weighted by Gasteiger charge is -2.24. The van der Waals surface area contributed by atoms with Crippen LogP contribution in [0.4, 0.5) is 5.69 Å². The Bertz CT molecular complexity index is 859. The summed E-state index contributed by atoms with van der Waals surface area (Å²) in [5.74, 6) is 0.0268. The SMILES string of the molecule is Cc1ccc(C)c(NC(=O)[C@H](c2ccccc2)[NH+](C)Cc2cccs2)c1. The van der Waals surface area contributed by atoms with E-state index in [0.717, 1.165) is 33.8 Å². The van der Waals surface area contributed by atoms with E-state index in [0.29, 0.717) is 0 Å². The number of likely N-dealkylation sites (N-methyl/N-ethyl adjacent to an activating group) is 1. The fourth-order valence-electron chi connectivity index (χ4n) is 3.17. The van der Waals surface area contributed by atoms with E-state index in [1.165, 1.54) is 4.88 Å². The first-order valence-electron chi connectivity index (χ1n) is 8.82. The summed E-state index contributed by atoms with van der Waals surface area (Å²) in [6, 6.07) is 20.1. The highest BCUT2D eigenvalue weighted by Crippen LogP contribution is 2.19. The number of quaternary nitrogens is 1. The van der Waals surface area contributed by atoms with Crippen LogP contribution in [0.1, 0.15) is 27.6 Å². The molecule has 0 aliphatic rings. The van der Waals surface area contributed by atoms with Crippen molar-refractivity contribution in [3.8, 4) is 0 Å². The van der Waals surface area contributed by atoms with Gasteiger partial charge in [-0.25, -0.2) is 0 Å². The second-order valence-electron chi connectivity index (χ2n) is 6.75. The minimum Gasteiger partial charge on any atom is -0.320 e. The number of rotatable bonds is 6. The van der Waals surface area contributed by atoms with E-state index >= 15 is 0 Å². The third kappa shape index (κ3) is 4.40. The average Bonchev–Trinajstić information content (AvgIpc) is 3.12. The number of hydrogen-bond donors (Lipinski definition) is 2. The summed E-state index contributed by atoms with van der Waals surface area (Å²) < 4.78 is 0. The van der Waals surface area contributed by atoms with E-state index in [-0.39, 0.29) is 11.9 Å². The average molecular weight is 366 g/mol. The predicted molar refractivity (Wildman–Crippen MR) is 109 cm³/mol. The van der Waals surface area contributed by atoms with Crippen LogP contribution in [0.2, 0.25) is 0 Å². The van der Waals surface area contributed by atoms with E-state index < -0.39 is 0 Å². The fourth-order valence-corrected chi connectivity index (χ4v) is 3.97. The molecule has 1 unspecified atom stereocenters. The van der Waals surface area contributed by atoms with Gasteiger partial charge in [0.05, 0.1) is 11.9 Å². The molecule has 1 aromatic heterocycles. The Morgan fingerprint density at radius 1 is 1.08 bits per heavy atom. The van der Waals surface area contributed by atoms with E-state index in [9.17, 15) is 4.79 Å². The maximum atomic E-state index is 13.2. The lowest BCUT2D eigenvalue weighted by atomic mass is 10.0. The zero-order valence-electron chi connectivity index (χ0n) is 15.5. The highest BCUT2D eigenvalue weighted by Gasteiger charge is 2.29. The molecule has 0 saturated heterocycles. The monoisotopic (exact) mass is 365 g/mol. The Hall–Kier alpha value is -2.43. The Balaban J connectivity index is 1.87. The molecule has 0 radical (unpaired) electrons. The van der Waals surface area contributed by atoms with Gasteiger partial charge in [0.25, 0.3) is 5.91 Å².